The van der Waals surface area contributed by atoms with Crippen molar-refractivity contribution in [3.63, 3.8) is 0 Å². The highest BCUT2D eigenvalue weighted by atomic mass is 35.5. The SMILES string of the molecule is O=C(Cl)c1ccc(-c2ccc(COCl)cc2)cc1. The summed E-state index contributed by atoms with van der Waals surface area (Å²) in [5.74, 6) is 0. The largest absolute Gasteiger partial charge is 0.276 e. The van der Waals surface area contributed by atoms with Crippen LogP contribution in [0.25, 0.3) is 11.1 Å². The van der Waals surface area contributed by atoms with Crippen LogP contribution in [0.1, 0.15) is 15.9 Å². The predicted molar refractivity (Wildman–Crippen MR) is 72.7 cm³/mol. The van der Waals surface area contributed by atoms with E-state index in [1.54, 1.807) is 12.1 Å². The molecule has 0 aromatic heterocycles. The summed E-state index contributed by atoms with van der Waals surface area (Å²) < 4.78 is 4.54. The van der Waals surface area contributed by atoms with E-state index in [9.17, 15) is 4.79 Å². The Balaban J connectivity index is 2.23. The van der Waals surface area contributed by atoms with Crippen molar-refractivity contribution in [1.29, 1.82) is 0 Å². The minimum atomic E-state index is -0.448. The second kappa shape index (κ2) is 6.01. The van der Waals surface area contributed by atoms with Crippen LogP contribution in [-0.4, -0.2) is 5.24 Å². The minimum absolute atomic E-state index is 0.377. The van der Waals surface area contributed by atoms with Crippen LogP contribution in [-0.2, 0) is 10.9 Å². The highest BCUT2D eigenvalue weighted by molar-refractivity contribution is 6.67. The molecule has 0 amide bonds. The lowest BCUT2D eigenvalue weighted by Gasteiger charge is -2.04. The average Bonchev–Trinajstić information content (AvgIpc) is 2.40. The Morgan fingerprint density at radius 3 is 1.89 bits per heavy atom. The van der Waals surface area contributed by atoms with Crippen molar-refractivity contribution in [1.82, 2.24) is 0 Å². The zero-order valence-corrected chi connectivity index (χ0v) is 10.9. The van der Waals surface area contributed by atoms with Crippen LogP contribution in [0.15, 0.2) is 48.5 Å². The zero-order valence-electron chi connectivity index (χ0n) is 9.40. The van der Waals surface area contributed by atoms with E-state index in [4.69, 9.17) is 23.5 Å². The molecule has 0 atom stereocenters. The van der Waals surface area contributed by atoms with Gasteiger partial charge in [0.1, 0.15) is 0 Å². The van der Waals surface area contributed by atoms with Crippen LogP contribution in [0.3, 0.4) is 0 Å². The summed E-state index contributed by atoms with van der Waals surface area (Å²) in [5.41, 5.74) is 3.57. The normalized spacial score (nSPS) is 10.3. The average molecular weight is 281 g/mol. The lowest BCUT2D eigenvalue weighted by Crippen LogP contribution is -1.88. The van der Waals surface area contributed by atoms with Gasteiger partial charge in [0.2, 0.25) is 0 Å². The molecule has 0 saturated heterocycles. The van der Waals surface area contributed by atoms with Crippen molar-refractivity contribution in [3.05, 3.63) is 59.7 Å². The highest BCUT2D eigenvalue weighted by Crippen LogP contribution is 2.21. The first-order valence-electron chi connectivity index (χ1n) is 5.33. The van der Waals surface area contributed by atoms with Crippen LogP contribution in [0, 0.1) is 0 Å². The quantitative estimate of drug-likeness (QED) is 0.776. The molecule has 0 saturated carbocycles. The highest BCUT2D eigenvalue weighted by Gasteiger charge is 2.02. The Kier molecular flexibility index (Phi) is 4.37. The van der Waals surface area contributed by atoms with E-state index in [1.165, 1.54) is 0 Å². The molecule has 92 valence electrons. The maximum absolute atomic E-state index is 10.9. The first-order chi connectivity index (χ1) is 8.70. The monoisotopic (exact) mass is 280 g/mol. The van der Waals surface area contributed by atoms with Gasteiger partial charge in [-0.1, -0.05) is 36.4 Å². The molecular weight excluding hydrogens is 271 g/mol. The Morgan fingerprint density at radius 1 is 0.944 bits per heavy atom. The summed E-state index contributed by atoms with van der Waals surface area (Å²) in [6.45, 7) is 0.377. The van der Waals surface area contributed by atoms with Crippen molar-refractivity contribution in [3.8, 4) is 11.1 Å². The first-order valence-corrected chi connectivity index (χ1v) is 6.02. The smallest absolute Gasteiger partial charge is 0.252 e. The molecule has 0 aliphatic heterocycles. The standard InChI is InChI=1S/C14H10Cl2O2/c15-14(17)13-7-5-12(6-8-13)11-3-1-10(2-4-11)9-18-16/h1-8H,9H2. The van der Waals surface area contributed by atoms with Crippen LogP contribution in [0.5, 0.6) is 0 Å². The Labute approximate surface area is 115 Å². The molecule has 4 heteroatoms. The molecule has 2 aromatic rings. The molecule has 2 rings (SSSR count). The molecule has 0 unspecified atom stereocenters. The fourth-order valence-electron chi connectivity index (χ4n) is 1.65. The summed E-state index contributed by atoms with van der Waals surface area (Å²) in [4.78, 5) is 10.9. The molecule has 0 aliphatic rings. The van der Waals surface area contributed by atoms with Gasteiger partial charge >= 0.3 is 0 Å². The van der Waals surface area contributed by atoms with Crippen molar-refractivity contribution < 1.29 is 9.08 Å². The lowest BCUT2D eigenvalue weighted by molar-refractivity contribution is 0.108. The number of benzene rings is 2. The van der Waals surface area contributed by atoms with Gasteiger partial charge in [-0.25, -0.2) is 0 Å². The van der Waals surface area contributed by atoms with Crippen LogP contribution in [0.4, 0.5) is 0 Å². The molecular formula is C14H10Cl2O2. The number of halogens is 2. The van der Waals surface area contributed by atoms with Crippen molar-refractivity contribution in [2.24, 2.45) is 0 Å². The van der Waals surface area contributed by atoms with Gasteiger partial charge in [-0.3, -0.25) is 9.08 Å². The molecule has 0 N–H and O–H groups in total. The molecule has 0 fully saturated rings. The maximum Gasteiger partial charge on any atom is 0.252 e. The van der Waals surface area contributed by atoms with E-state index in [2.05, 4.69) is 4.29 Å². The molecule has 0 spiro atoms. The number of hydrogen-bond donors (Lipinski definition) is 0. The predicted octanol–water partition coefficient (Wildman–Crippen LogP) is 4.40. The molecule has 18 heavy (non-hydrogen) atoms. The van der Waals surface area contributed by atoms with Gasteiger partial charge in [0, 0.05) is 5.56 Å². The molecule has 0 radical (unpaired) electrons. The van der Waals surface area contributed by atoms with Crippen LogP contribution >= 0.6 is 23.5 Å². The van der Waals surface area contributed by atoms with E-state index in [0.717, 1.165) is 16.7 Å². The van der Waals surface area contributed by atoms with Gasteiger partial charge in [0.05, 0.1) is 18.5 Å². The minimum Gasteiger partial charge on any atom is -0.276 e. The first kappa shape index (κ1) is 13.1. The van der Waals surface area contributed by atoms with E-state index in [-0.39, 0.29) is 0 Å². The summed E-state index contributed by atoms with van der Waals surface area (Å²) in [5, 5.41) is -0.448. The van der Waals surface area contributed by atoms with Gasteiger partial charge < -0.3 is 0 Å². The fraction of sp³-hybridized carbons (Fsp3) is 0.0714. The van der Waals surface area contributed by atoms with Crippen molar-refractivity contribution >= 4 is 28.7 Å². The van der Waals surface area contributed by atoms with Crippen molar-refractivity contribution in [2.45, 2.75) is 6.61 Å². The van der Waals surface area contributed by atoms with E-state index < -0.39 is 5.24 Å². The Bertz CT molecular complexity index is 533. The van der Waals surface area contributed by atoms with E-state index >= 15 is 0 Å². The van der Waals surface area contributed by atoms with Crippen LogP contribution in [0.2, 0.25) is 0 Å². The summed E-state index contributed by atoms with van der Waals surface area (Å²) in [6.07, 6.45) is 0. The number of carbonyl (C=O) groups excluding carboxylic acids is 1. The van der Waals surface area contributed by atoms with Crippen LogP contribution < -0.4 is 0 Å². The van der Waals surface area contributed by atoms with E-state index in [1.807, 2.05) is 36.4 Å². The third-order valence-corrected chi connectivity index (χ3v) is 2.95. The van der Waals surface area contributed by atoms with Gasteiger partial charge in [-0.2, -0.15) is 0 Å². The van der Waals surface area contributed by atoms with Gasteiger partial charge in [-0.05, 0) is 40.4 Å². The molecule has 2 nitrogen and oxygen atoms in total. The number of hydrogen-bond acceptors (Lipinski definition) is 2. The summed E-state index contributed by atoms with van der Waals surface area (Å²) in [6, 6.07) is 15.0. The molecule has 0 aliphatic carbocycles. The molecule has 0 bridgehead atoms. The summed E-state index contributed by atoms with van der Waals surface area (Å²) in [7, 11) is 0. The maximum atomic E-state index is 10.9. The number of carbonyl (C=O) groups is 1. The second-order valence-corrected chi connectivity index (χ2v) is 4.36. The van der Waals surface area contributed by atoms with Gasteiger partial charge in [0.15, 0.2) is 0 Å². The number of rotatable bonds is 4. The zero-order chi connectivity index (χ0) is 13.0. The van der Waals surface area contributed by atoms with Gasteiger partial charge in [0.25, 0.3) is 5.24 Å². The third kappa shape index (κ3) is 3.10. The third-order valence-electron chi connectivity index (χ3n) is 2.62. The van der Waals surface area contributed by atoms with Crippen molar-refractivity contribution in [2.75, 3.05) is 0 Å². The molecule has 2 aromatic carbocycles. The fourth-order valence-corrected chi connectivity index (χ4v) is 1.90. The topological polar surface area (TPSA) is 26.3 Å². The summed E-state index contributed by atoms with van der Waals surface area (Å²) >= 11 is 10.6. The lowest BCUT2D eigenvalue weighted by atomic mass is 10.0. The van der Waals surface area contributed by atoms with E-state index in [0.29, 0.717) is 12.2 Å². The second-order valence-electron chi connectivity index (χ2n) is 3.80. The Hall–Kier alpha value is -1.35. The molecule has 0 heterocycles. The van der Waals surface area contributed by atoms with Gasteiger partial charge in [-0.15, -0.1) is 0 Å². The Morgan fingerprint density at radius 2 is 1.44 bits per heavy atom.